The summed E-state index contributed by atoms with van der Waals surface area (Å²) in [6.45, 7) is 5.54. The zero-order valence-electron chi connectivity index (χ0n) is 13.9. The predicted molar refractivity (Wildman–Crippen MR) is 90.1 cm³/mol. The number of aliphatic hydroxyl groups excluding tert-OH is 1. The topological polar surface area (TPSA) is 61.8 Å². The van der Waals surface area contributed by atoms with Crippen LogP contribution in [0.2, 0.25) is 0 Å². The SMILES string of the molecule is CCCN1CC(CCO)CC(NC(=O)OCc2ccccc2)C1. The zero-order valence-corrected chi connectivity index (χ0v) is 13.9. The lowest BCUT2D eigenvalue weighted by Gasteiger charge is -2.37. The number of nitrogens with zero attached hydrogens (tertiary/aromatic N) is 1. The van der Waals surface area contributed by atoms with Gasteiger partial charge in [0, 0.05) is 25.7 Å². The van der Waals surface area contributed by atoms with E-state index in [4.69, 9.17) is 4.74 Å². The van der Waals surface area contributed by atoms with Crippen molar-refractivity contribution >= 4 is 6.09 Å². The van der Waals surface area contributed by atoms with Crippen LogP contribution >= 0.6 is 0 Å². The summed E-state index contributed by atoms with van der Waals surface area (Å²) in [7, 11) is 0. The molecular weight excluding hydrogens is 292 g/mol. The highest BCUT2D eigenvalue weighted by atomic mass is 16.5. The Morgan fingerprint density at radius 2 is 2.13 bits per heavy atom. The molecule has 0 bridgehead atoms. The van der Waals surface area contributed by atoms with Crippen molar-refractivity contribution in [2.75, 3.05) is 26.2 Å². The van der Waals surface area contributed by atoms with E-state index < -0.39 is 0 Å². The first-order valence-electron chi connectivity index (χ1n) is 8.51. The van der Waals surface area contributed by atoms with Crippen molar-refractivity contribution in [3.63, 3.8) is 0 Å². The van der Waals surface area contributed by atoms with Crippen LogP contribution in [0.3, 0.4) is 0 Å². The Balaban J connectivity index is 1.80. The van der Waals surface area contributed by atoms with Crippen molar-refractivity contribution < 1.29 is 14.6 Å². The summed E-state index contributed by atoms with van der Waals surface area (Å²) < 4.78 is 5.30. The molecule has 1 aromatic rings. The third-order valence-corrected chi connectivity index (χ3v) is 4.22. The van der Waals surface area contributed by atoms with Gasteiger partial charge in [0.2, 0.25) is 0 Å². The van der Waals surface area contributed by atoms with E-state index >= 15 is 0 Å². The number of carbonyl (C=O) groups is 1. The fourth-order valence-electron chi connectivity index (χ4n) is 3.23. The van der Waals surface area contributed by atoms with Crippen molar-refractivity contribution in [1.29, 1.82) is 0 Å². The minimum absolute atomic E-state index is 0.0927. The van der Waals surface area contributed by atoms with Gasteiger partial charge >= 0.3 is 6.09 Å². The van der Waals surface area contributed by atoms with E-state index in [0.29, 0.717) is 5.92 Å². The van der Waals surface area contributed by atoms with Crippen LogP contribution in [0, 0.1) is 5.92 Å². The van der Waals surface area contributed by atoms with Gasteiger partial charge in [-0.1, -0.05) is 37.3 Å². The number of nitrogens with one attached hydrogen (secondary N) is 1. The molecule has 0 saturated carbocycles. The van der Waals surface area contributed by atoms with Crippen molar-refractivity contribution in [2.45, 2.75) is 38.8 Å². The van der Waals surface area contributed by atoms with E-state index in [1.807, 2.05) is 30.3 Å². The average molecular weight is 320 g/mol. The van der Waals surface area contributed by atoms with E-state index in [0.717, 1.165) is 44.5 Å². The molecule has 1 saturated heterocycles. The standard InChI is InChI=1S/C18H28N2O3/c1-2-9-20-12-16(8-10-21)11-17(13-20)19-18(22)23-14-15-6-4-3-5-7-15/h3-7,16-17,21H,2,8-14H2,1H3,(H,19,22). The number of carbonyl (C=O) groups excluding carboxylic acids is 1. The number of rotatable bonds is 7. The Labute approximate surface area is 138 Å². The summed E-state index contributed by atoms with van der Waals surface area (Å²) in [6.07, 6.45) is 2.43. The molecule has 1 fully saturated rings. The van der Waals surface area contributed by atoms with Crippen LogP contribution in [0.1, 0.15) is 31.7 Å². The largest absolute Gasteiger partial charge is 0.445 e. The van der Waals surface area contributed by atoms with Crippen LogP contribution in [-0.4, -0.2) is 48.4 Å². The highest BCUT2D eigenvalue weighted by Gasteiger charge is 2.27. The summed E-state index contributed by atoms with van der Waals surface area (Å²) in [6, 6.07) is 9.77. The van der Waals surface area contributed by atoms with Crippen molar-refractivity contribution in [3.8, 4) is 0 Å². The highest BCUT2D eigenvalue weighted by molar-refractivity contribution is 5.67. The lowest BCUT2D eigenvalue weighted by Crippen LogP contribution is -2.51. The van der Waals surface area contributed by atoms with E-state index in [1.165, 1.54) is 0 Å². The number of likely N-dealkylation sites (tertiary alicyclic amines) is 1. The molecule has 1 heterocycles. The molecule has 2 rings (SSSR count). The molecule has 0 radical (unpaired) electrons. The van der Waals surface area contributed by atoms with Gasteiger partial charge in [-0.25, -0.2) is 4.79 Å². The van der Waals surface area contributed by atoms with Crippen molar-refractivity contribution in [1.82, 2.24) is 10.2 Å². The first-order valence-corrected chi connectivity index (χ1v) is 8.51. The van der Waals surface area contributed by atoms with Crippen LogP contribution < -0.4 is 5.32 Å². The third-order valence-electron chi connectivity index (χ3n) is 4.22. The summed E-state index contributed by atoms with van der Waals surface area (Å²) in [5.74, 6) is 0.430. The van der Waals surface area contributed by atoms with Gasteiger partial charge < -0.3 is 20.1 Å². The van der Waals surface area contributed by atoms with Gasteiger partial charge in [-0.15, -0.1) is 0 Å². The van der Waals surface area contributed by atoms with Gasteiger partial charge in [-0.2, -0.15) is 0 Å². The Hall–Kier alpha value is -1.59. The molecule has 2 unspecified atom stereocenters. The quantitative estimate of drug-likeness (QED) is 0.810. The van der Waals surface area contributed by atoms with Crippen LogP contribution in [0.25, 0.3) is 0 Å². The van der Waals surface area contributed by atoms with E-state index in [1.54, 1.807) is 0 Å². The number of piperidine rings is 1. The van der Waals surface area contributed by atoms with Gasteiger partial charge in [0.05, 0.1) is 0 Å². The summed E-state index contributed by atoms with van der Waals surface area (Å²) >= 11 is 0. The second kappa shape index (κ2) is 9.53. The molecule has 1 aliphatic rings. The second-order valence-electron chi connectivity index (χ2n) is 6.28. The average Bonchev–Trinajstić information content (AvgIpc) is 2.54. The van der Waals surface area contributed by atoms with Crippen LogP contribution in [0.4, 0.5) is 4.79 Å². The minimum atomic E-state index is -0.361. The highest BCUT2D eigenvalue weighted by Crippen LogP contribution is 2.20. The Kier molecular flexibility index (Phi) is 7.36. The molecule has 5 heteroatoms. The molecule has 0 spiro atoms. The van der Waals surface area contributed by atoms with Crippen molar-refractivity contribution in [2.24, 2.45) is 5.92 Å². The second-order valence-corrected chi connectivity index (χ2v) is 6.28. The maximum absolute atomic E-state index is 12.0. The maximum Gasteiger partial charge on any atom is 0.407 e. The molecule has 2 N–H and O–H groups in total. The fraction of sp³-hybridized carbons (Fsp3) is 0.611. The molecule has 2 atom stereocenters. The summed E-state index contributed by atoms with van der Waals surface area (Å²) in [5, 5.41) is 12.2. The first kappa shape index (κ1) is 17.8. The first-order chi connectivity index (χ1) is 11.2. The molecule has 1 aromatic carbocycles. The molecule has 1 aliphatic heterocycles. The molecule has 128 valence electrons. The number of hydrogen-bond acceptors (Lipinski definition) is 4. The number of aliphatic hydroxyl groups is 1. The molecular formula is C18H28N2O3. The summed E-state index contributed by atoms with van der Waals surface area (Å²) in [4.78, 5) is 14.4. The smallest absolute Gasteiger partial charge is 0.407 e. The monoisotopic (exact) mass is 320 g/mol. The van der Waals surface area contributed by atoms with Gasteiger partial charge in [-0.05, 0) is 37.3 Å². The van der Waals surface area contributed by atoms with Crippen LogP contribution in [-0.2, 0) is 11.3 Å². The molecule has 23 heavy (non-hydrogen) atoms. The van der Waals surface area contributed by atoms with Gasteiger partial charge in [0.1, 0.15) is 6.61 Å². The van der Waals surface area contributed by atoms with Crippen LogP contribution in [0.15, 0.2) is 30.3 Å². The molecule has 0 aliphatic carbocycles. The maximum atomic E-state index is 12.0. The zero-order chi connectivity index (χ0) is 16.5. The van der Waals surface area contributed by atoms with Gasteiger partial charge in [0.15, 0.2) is 0 Å². The lowest BCUT2D eigenvalue weighted by atomic mass is 9.91. The normalized spacial score (nSPS) is 21.8. The number of alkyl carbamates (subject to hydrolysis) is 1. The van der Waals surface area contributed by atoms with E-state index in [2.05, 4.69) is 17.1 Å². The van der Waals surface area contributed by atoms with E-state index in [-0.39, 0.29) is 25.3 Å². The molecule has 1 amide bonds. The Morgan fingerprint density at radius 1 is 1.35 bits per heavy atom. The Bertz CT molecular complexity index is 453. The minimum Gasteiger partial charge on any atom is -0.445 e. The third kappa shape index (κ3) is 6.20. The Morgan fingerprint density at radius 3 is 2.83 bits per heavy atom. The number of hydrogen-bond donors (Lipinski definition) is 2. The van der Waals surface area contributed by atoms with E-state index in [9.17, 15) is 9.90 Å². The lowest BCUT2D eigenvalue weighted by molar-refractivity contribution is 0.102. The summed E-state index contributed by atoms with van der Waals surface area (Å²) in [5.41, 5.74) is 0.983. The van der Waals surface area contributed by atoms with Gasteiger partial charge in [0.25, 0.3) is 0 Å². The van der Waals surface area contributed by atoms with Gasteiger partial charge in [-0.3, -0.25) is 0 Å². The number of ether oxygens (including phenoxy) is 1. The number of amides is 1. The van der Waals surface area contributed by atoms with Crippen molar-refractivity contribution in [3.05, 3.63) is 35.9 Å². The molecule has 0 aromatic heterocycles. The number of benzene rings is 1. The predicted octanol–water partition coefficient (Wildman–Crippen LogP) is 2.40. The van der Waals surface area contributed by atoms with Crippen LogP contribution in [0.5, 0.6) is 0 Å². The molecule has 5 nitrogen and oxygen atoms in total. The fourth-order valence-corrected chi connectivity index (χ4v) is 3.23.